The van der Waals surface area contributed by atoms with E-state index in [0.717, 1.165) is 32.4 Å². The number of ether oxygens (including phenoxy) is 5. The van der Waals surface area contributed by atoms with Gasteiger partial charge in [-0.2, -0.15) is 0 Å². The van der Waals surface area contributed by atoms with Gasteiger partial charge in [0.15, 0.2) is 0 Å². The maximum absolute atomic E-state index is 13.1. The molecule has 5 saturated carbocycles. The van der Waals surface area contributed by atoms with Crippen LogP contribution in [0.4, 0.5) is 0 Å². The third kappa shape index (κ3) is 2.27. The van der Waals surface area contributed by atoms with Crippen LogP contribution in [0.2, 0.25) is 0 Å². The lowest BCUT2D eigenvalue weighted by Gasteiger charge is -2.70. The van der Waals surface area contributed by atoms with Crippen LogP contribution in [0.25, 0.3) is 0 Å². The molecule has 1 spiro atoms. The van der Waals surface area contributed by atoms with Crippen LogP contribution >= 0.6 is 0 Å². The lowest BCUT2D eigenvalue weighted by Crippen LogP contribution is -2.82. The minimum absolute atomic E-state index is 0.0262. The molecule has 0 amide bonds. The highest BCUT2D eigenvalue weighted by Gasteiger charge is 2.91. The van der Waals surface area contributed by atoms with Crippen molar-refractivity contribution in [2.24, 2.45) is 34.5 Å². The minimum Gasteiger partial charge on any atom is -0.386 e. The smallest absolute Gasteiger partial charge is 0.136 e. The van der Waals surface area contributed by atoms with Crippen molar-refractivity contribution < 1.29 is 33.9 Å². The van der Waals surface area contributed by atoms with E-state index in [1.807, 2.05) is 7.11 Å². The number of likely N-dealkylation sites (N-methyl/N-ethyl adjacent to an activating group) is 1. The standard InChI is InChI=1S/C26H43NO7/c1-7-27-12-23(13-30-2)9-8-17(32-4)25-15-10-14-16(31-3)11-24(28,18(15)19(14)33-5)26(29,22(25)27)21(34-6)20(23)25/h14-22,28-29H,7-13H2,1-6H3/t14-,15-,16+,17?,18-,19+,20-,21+,22+,23+,24-,25+,26+/m1/s1. The molecule has 6 fully saturated rings. The van der Waals surface area contributed by atoms with Crippen molar-refractivity contribution in [3.8, 4) is 0 Å². The maximum atomic E-state index is 13.1. The number of methoxy groups -OCH3 is 5. The lowest BCUT2D eigenvalue weighted by atomic mass is 9.42. The first-order valence-corrected chi connectivity index (χ1v) is 13.1. The summed E-state index contributed by atoms with van der Waals surface area (Å²) >= 11 is 0. The number of fused-ring (bicyclic) bond motifs is 2. The third-order valence-corrected chi connectivity index (χ3v) is 11.7. The molecule has 0 radical (unpaired) electrons. The second kappa shape index (κ2) is 7.60. The quantitative estimate of drug-likeness (QED) is 0.555. The van der Waals surface area contributed by atoms with Crippen molar-refractivity contribution in [2.45, 2.75) is 74.3 Å². The summed E-state index contributed by atoms with van der Waals surface area (Å²) in [7, 11) is 8.77. The Hall–Kier alpha value is -0.320. The van der Waals surface area contributed by atoms with Crippen LogP contribution in [-0.4, -0.2) is 112 Å². The largest absolute Gasteiger partial charge is 0.386 e. The monoisotopic (exact) mass is 481 g/mol. The van der Waals surface area contributed by atoms with Gasteiger partial charge in [0, 0.05) is 77.1 Å². The SMILES string of the molecule is CCN1C[C@]2(COC)CCC(OC)[C@@]34[C@@H]5C[C@H]6[C@H](OC)[C@@H]5[C@](O)(C[C@@H]6OC)[C@](O)([C@@H](OC)[C@H]23)[C@@H]14. The highest BCUT2D eigenvalue weighted by Crippen LogP contribution is 2.80. The molecule has 34 heavy (non-hydrogen) atoms. The molecule has 1 aliphatic heterocycles. The fourth-order valence-electron chi connectivity index (χ4n) is 11.3. The molecule has 7 bridgehead atoms. The van der Waals surface area contributed by atoms with E-state index < -0.39 is 17.3 Å². The molecular weight excluding hydrogens is 438 g/mol. The Balaban J connectivity index is 1.67. The minimum atomic E-state index is -1.47. The number of likely N-dealkylation sites (tertiary alicyclic amines) is 1. The van der Waals surface area contributed by atoms with E-state index in [1.54, 1.807) is 28.4 Å². The van der Waals surface area contributed by atoms with Gasteiger partial charge in [0.1, 0.15) is 11.2 Å². The Morgan fingerprint density at radius 1 is 1.00 bits per heavy atom. The summed E-state index contributed by atoms with van der Waals surface area (Å²) in [5, 5.41) is 25.9. The zero-order valence-corrected chi connectivity index (χ0v) is 21.5. The predicted molar refractivity (Wildman–Crippen MR) is 123 cm³/mol. The first-order chi connectivity index (χ1) is 16.3. The second-order valence-corrected chi connectivity index (χ2v) is 12.1. The van der Waals surface area contributed by atoms with Gasteiger partial charge in [-0.05, 0) is 31.7 Å². The van der Waals surface area contributed by atoms with Crippen molar-refractivity contribution in [3.63, 3.8) is 0 Å². The Morgan fingerprint density at radius 2 is 1.76 bits per heavy atom. The van der Waals surface area contributed by atoms with Crippen LogP contribution in [0, 0.1) is 34.5 Å². The highest BCUT2D eigenvalue weighted by molar-refractivity contribution is 5.41. The Morgan fingerprint density at radius 3 is 2.35 bits per heavy atom. The van der Waals surface area contributed by atoms with Gasteiger partial charge in [0.25, 0.3) is 0 Å². The summed E-state index contributed by atoms with van der Waals surface area (Å²) in [4.78, 5) is 2.43. The van der Waals surface area contributed by atoms with Crippen molar-refractivity contribution in [1.82, 2.24) is 4.90 Å². The summed E-state index contributed by atoms with van der Waals surface area (Å²) < 4.78 is 30.7. The van der Waals surface area contributed by atoms with E-state index in [1.165, 1.54) is 0 Å². The Bertz CT molecular complexity index is 829. The summed E-state index contributed by atoms with van der Waals surface area (Å²) in [6, 6.07) is -0.256. The number of hydrogen-bond donors (Lipinski definition) is 2. The van der Waals surface area contributed by atoms with Crippen molar-refractivity contribution in [1.29, 1.82) is 0 Å². The molecule has 13 atom stereocenters. The van der Waals surface area contributed by atoms with Gasteiger partial charge in [-0.25, -0.2) is 0 Å². The second-order valence-electron chi connectivity index (χ2n) is 12.1. The van der Waals surface area contributed by atoms with Crippen molar-refractivity contribution in [2.75, 3.05) is 55.2 Å². The van der Waals surface area contributed by atoms with E-state index in [-0.39, 0.29) is 58.9 Å². The molecule has 0 aromatic carbocycles. The molecule has 1 saturated heterocycles. The number of hydrogen-bond acceptors (Lipinski definition) is 8. The predicted octanol–water partition coefficient (Wildman–Crippen LogP) is 0.925. The third-order valence-electron chi connectivity index (χ3n) is 11.7. The van der Waals surface area contributed by atoms with Crippen LogP contribution in [0.1, 0.15) is 32.6 Å². The number of rotatable bonds is 7. The molecule has 0 aromatic heterocycles. The van der Waals surface area contributed by atoms with E-state index >= 15 is 0 Å². The van der Waals surface area contributed by atoms with Gasteiger partial charge in [0.05, 0.1) is 37.1 Å². The molecule has 5 aliphatic carbocycles. The normalized spacial score (nSPS) is 59.5. The molecule has 1 unspecified atom stereocenters. The topological polar surface area (TPSA) is 89.9 Å². The zero-order valence-electron chi connectivity index (χ0n) is 21.5. The number of nitrogens with zero attached hydrogens (tertiary/aromatic N) is 1. The van der Waals surface area contributed by atoms with Gasteiger partial charge in [-0.1, -0.05) is 6.92 Å². The first-order valence-electron chi connectivity index (χ1n) is 13.1. The lowest BCUT2D eigenvalue weighted by molar-refractivity contribution is -0.320. The van der Waals surface area contributed by atoms with Gasteiger partial charge in [-0.3, -0.25) is 4.90 Å². The molecule has 8 heteroatoms. The van der Waals surface area contributed by atoms with Crippen LogP contribution in [-0.2, 0) is 23.7 Å². The summed E-state index contributed by atoms with van der Waals surface area (Å²) in [5.74, 6) is 0.165. The summed E-state index contributed by atoms with van der Waals surface area (Å²) in [5.41, 5.74) is -3.38. The van der Waals surface area contributed by atoms with Gasteiger partial charge in [0.2, 0.25) is 0 Å². The summed E-state index contributed by atoms with van der Waals surface area (Å²) in [6.07, 6.45) is 2.30. The van der Waals surface area contributed by atoms with Gasteiger partial charge >= 0.3 is 0 Å². The fourth-order valence-corrected chi connectivity index (χ4v) is 11.3. The number of aliphatic hydroxyl groups is 2. The molecule has 6 rings (SSSR count). The van der Waals surface area contributed by atoms with Crippen LogP contribution in [0.15, 0.2) is 0 Å². The van der Waals surface area contributed by atoms with Crippen LogP contribution < -0.4 is 0 Å². The fraction of sp³-hybridized carbons (Fsp3) is 1.00. The van der Waals surface area contributed by atoms with E-state index in [9.17, 15) is 10.2 Å². The van der Waals surface area contributed by atoms with Crippen LogP contribution in [0.3, 0.4) is 0 Å². The van der Waals surface area contributed by atoms with Crippen LogP contribution in [0.5, 0.6) is 0 Å². The molecule has 2 N–H and O–H groups in total. The summed E-state index contributed by atoms with van der Waals surface area (Å²) in [6.45, 7) is 4.41. The molecule has 6 aliphatic rings. The average Bonchev–Trinajstić information content (AvgIpc) is 3.25. The first kappa shape index (κ1) is 24.0. The number of piperidine rings is 1. The molecule has 8 nitrogen and oxygen atoms in total. The van der Waals surface area contributed by atoms with E-state index in [4.69, 9.17) is 23.7 Å². The average molecular weight is 482 g/mol. The zero-order chi connectivity index (χ0) is 24.3. The molecule has 0 aromatic rings. The molecular formula is C26H43NO7. The van der Waals surface area contributed by atoms with Crippen molar-refractivity contribution >= 4 is 0 Å². The van der Waals surface area contributed by atoms with Crippen molar-refractivity contribution in [3.05, 3.63) is 0 Å². The van der Waals surface area contributed by atoms with E-state index in [0.29, 0.717) is 13.0 Å². The van der Waals surface area contributed by atoms with Gasteiger partial charge in [-0.15, -0.1) is 0 Å². The molecule has 1 heterocycles. The Labute approximate surface area is 203 Å². The van der Waals surface area contributed by atoms with Gasteiger partial charge < -0.3 is 33.9 Å². The highest BCUT2D eigenvalue weighted by atomic mass is 16.5. The van der Waals surface area contributed by atoms with E-state index in [2.05, 4.69) is 11.8 Å². The Kier molecular flexibility index (Phi) is 5.38. The maximum Gasteiger partial charge on any atom is 0.136 e. The molecule has 194 valence electrons.